The van der Waals surface area contributed by atoms with Crippen molar-refractivity contribution in [3.63, 3.8) is 0 Å². The zero-order valence-corrected chi connectivity index (χ0v) is 14.6. The van der Waals surface area contributed by atoms with E-state index in [1.807, 2.05) is 41.8 Å². The van der Waals surface area contributed by atoms with Crippen molar-refractivity contribution < 1.29 is 19.1 Å². The first-order valence-electron chi connectivity index (χ1n) is 8.01. The molecule has 2 aromatic rings. The summed E-state index contributed by atoms with van der Waals surface area (Å²) in [4.78, 5) is 24.7. The second-order valence-corrected chi connectivity index (χ2v) is 5.54. The van der Waals surface area contributed by atoms with E-state index in [0.717, 1.165) is 24.1 Å². The van der Waals surface area contributed by atoms with Gasteiger partial charge in [0.1, 0.15) is 5.56 Å². The molecule has 0 fully saturated rings. The highest BCUT2D eigenvalue weighted by molar-refractivity contribution is 6.08. The molecule has 0 bridgehead atoms. The van der Waals surface area contributed by atoms with Crippen LogP contribution in [0.2, 0.25) is 0 Å². The monoisotopic (exact) mass is 329 g/mol. The number of ether oxygens (including phenoxy) is 2. The minimum Gasteiger partial charge on any atom is -0.465 e. The van der Waals surface area contributed by atoms with Crippen molar-refractivity contribution in [2.45, 2.75) is 33.2 Å². The van der Waals surface area contributed by atoms with E-state index in [4.69, 9.17) is 9.47 Å². The summed E-state index contributed by atoms with van der Waals surface area (Å²) >= 11 is 0. The van der Waals surface area contributed by atoms with Gasteiger partial charge in [0.15, 0.2) is 0 Å². The van der Waals surface area contributed by atoms with E-state index < -0.39 is 11.9 Å². The van der Waals surface area contributed by atoms with E-state index in [2.05, 4.69) is 6.92 Å². The zero-order chi connectivity index (χ0) is 17.7. The highest BCUT2D eigenvalue weighted by atomic mass is 16.5. The van der Waals surface area contributed by atoms with Crippen molar-refractivity contribution in [1.82, 2.24) is 4.57 Å². The Bertz CT molecular complexity index is 732. The minimum absolute atomic E-state index is 0.268. The Morgan fingerprint density at radius 3 is 2.12 bits per heavy atom. The van der Waals surface area contributed by atoms with Crippen molar-refractivity contribution in [3.8, 4) is 11.3 Å². The Labute approximate surface area is 142 Å². The van der Waals surface area contributed by atoms with E-state index in [1.165, 1.54) is 14.2 Å². The van der Waals surface area contributed by atoms with Gasteiger partial charge in [0.25, 0.3) is 0 Å². The fraction of sp³-hybridized carbons (Fsp3) is 0.368. The molecule has 0 aliphatic carbocycles. The molecule has 0 amide bonds. The van der Waals surface area contributed by atoms with Gasteiger partial charge >= 0.3 is 11.9 Å². The second-order valence-electron chi connectivity index (χ2n) is 5.54. The van der Waals surface area contributed by atoms with Gasteiger partial charge in [0.05, 0.1) is 25.5 Å². The number of hydrogen-bond donors (Lipinski definition) is 0. The largest absolute Gasteiger partial charge is 0.465 e. The molecule has 128 valence electrons. The Kier molecular flexibility index (Phi) is 5.79. The normalized spacial score (nSPS) is 10.5. The predicted octanol–water partition coefficient (Wildman–Crippen LogP) is 3.84. The summed E-state index contributed by atoms with van der Waals surface area (Å²) < 4.78 is 11.9. The third-order valence-corrected chi connectivity index (χ3v) is 4.08. The molecule has 0 radical (unpaired) electrons. The maximum Gasteiger partial charge on any atom is 0.340 e. The molecule has 1 aromatic heterocycles. The third kappa shape index (κ3) is 3.20. The lowest BCUT2D eigenvalue weighted by atomic mass is 10.0. The number of esters is 2. The molecular weight excluding hydrogens is 306 g/mol. The summed E-state index contributed by atoms with van der Waals surface area (Å²) in [5.41, 5.74) is 2.83. The first kappa shape index (κ1) is 17.8. The van der Waals surface area contributed by atoms with E-state index in [0.29, 0.717) is 12.2 Å². The average molecular weight is 329 g/mol. The Balaban J connectivity index is 2.81. The summed E-state index contributed by atoms with van der Waals surface area (Å²) in [6.07, 6.45) is 1.95. The Morgan fingerprint density at radius 2 is 1.58 bits per heavy atom. The van der Waals surface area contributed by atoms with E-state index in [9.17, 15) is 9.59 Å². The molecule has 0 unspecified atom stereocenters. The lowest BCUT2D eigenvalue weighted by molar-refractivity contribution is 0.0556. The quantitative estimate of drug-likeness (QED) is 0.756. The number of nitrogens with zero attached hydrogens (tertiary/aromatic N) is 1. The van der Waals surface area contributed by atoms with Crippen LogP contribution in [0.15, 0.2) is 30.3 Å². The predicted molar refractivity (Wildman–Crippen MR) is 92.2 cm³/mol. The average Bonchev–Trinajstić information content (AvgIpc) is 2.91. The van der Waals surface area contributed by atoms with Crippen LogP contribution in [0.25, 0.3) is 11.3 Å². The molecule has 5 heteroatoms. The SMILES string of the molecule is CCCCn1c(C)c(C(=O)OC)c(C(=O)OC)c1-c1ccccc1. The Hall–Kier alpha value is -2.56. The van der Waals surface area contributed by atoms with Crippen LogP contribution in [0.4, 0.5) is 0 Å². The number of hydrogen-bond acceptors (Lipinski definition) is 4. The molecule has 5 nitrogen and oxygen atoms in total. The summed E-state index contributed by atoms with van der Waals surface area (Å²) in [5, 5.41) is 0. The second kappa shape index (κ2) is 7.81. The van der Waals surface area contributed by atoms with Crippen molar-refractivity contribution in [1.29, 1.82) is 0 Å². The van der Waals surface area contributed by atoms with Gasteiger partial charge in [-0.25, -0.2) is 9.59 Å². The van der Waals surface area contributed by atoms with Crippen LogP contribution < -0.4 is 0 Å². The summed E-state index contributed by atoms with van der Waals surface area (Å²) in [6, 6.07) is 9.56. The van der Waals surface area contributed by atoms with Crippen LogP contribution in [0, 0.1) is 6.92 Å². The smallest absolute Gasteiger partial charge is 0.340 e. The topological polar surface area (TPSA) is 57.5 Å². The van der Waals surface area contributed by atoms with Crippen LogP contribution in [0.1, 0.15) is 46.2 Å². The molecule has 0 saturated heterocycles. The van der Waals surface area contributed by atoms with E-state index in [-0.39, 0.29) is 11.1 Å². The standard InChI is InChI=1S/C19H23NO4/c1-5-6-12-20-13(2)15(18(21)23-3)16(19(22)24-4)17(20)14-10-8-7-9-11-14/h7-11H,5-6,12H2,1-4H3. The number of carbonyl (C=O) groups is 2. The zero-order valence-electron chi connectivity index (χ0n) is 14.6. The van der Waals surface area contributed by atoms with Crippen LogP contribution in [0.3, 0.4) is 0 Å². The van der Waals surface area contributed by atoms with Crippen LogP contribution >= 0.6 is 0 Å². The van der Waals surface area contributed by atoms with Gasteiger partial charge in [-0.15, -0.1) is 0 Å². The minimum atomic E-state index is -0.535. The highest BCUT2D eigenvalue weighted by Gasteiger charge is 2.31. The van der Waals surface area contributed by atoms with Gasteiger partial charge in [0.2, 0.25) is 0 Å². The molecule has 1 aromatic carbocycles. The molecular formula is C19H23NO4. The first-order chi connectivity index (χ1) is 11.6. The lowest BCUT2D eigenvalue weighted by Crippen LogP contribution is -2.11. The summed E-state index contributed by atoms with van der Waals surface area (Å²) in [5.74, 6) is -1.06. The van der Waals surface area contributed by atoms with Gasteiger partial charge < -0.3 is 14.0 Å². The van der Waals surface area contributed by atoms with Crippen LogP contribution in [0.5, 0.6) is 0 Å². The molecule has 0 atom stereocenters. The number of rotatable bonds is 6. The van der Waals surface area contributed by atoms with Crippen LogP contribution in [-0.4, -0.2) is 30.7 Å². The van der Waals surface area contributed by atoms with Crippen molar-refractivity contribution in [3.05, 3.63) is 47.2 Å². The molecule has 0 aliphatic rings. The number of carbonyl (C=O) groups excluding carboxylic acids is 2. The highest BCUT2D eigenvalue weighted by Crippen LogP contribution is 2.33. The van der Waals surface area contributed by atoms with E-state index >= 15 is 0 Å². The molecule has 0 N–H and O–H groups in total. The van der Waals surface area contributed by atoms with E-state index in [1.54, 1.807) is 0 Å². The molecule has 0 saturated carbocycles. The van der Waals surface area contributed by atoms with Gasteiger partial charge in [-0.2, -0.15) is 0 Å². The molecule has 24 heavy (non-hydrogen) atoms. The van der Waals surface area contributed by atoms with Gasteiger partial charge in [-0.3, -0.25) is 0 Å². The number of unbranched alkanes of at least 4 members (excludes halogenated alkanes) is 1. The van der Waals surface area contributed by atoms with Crippen molar-refractivity contribution in [2.75, 3.05) is 14.2 Å². The summed E-state index contributed by atoms with van der Waals surface area (Å²) in [6.45, 7) is 4.65. The maximum absolute atomic E-state index is 12.4. The molecule has 2 rings (SSSR count). The first-order valence-corrected chi connectivity index (χ1v) is 8.01. The summed E-state index contributed by atoms with van der Waals surface area (Å²) in [7, 11) is 2.63. The van der Waals surface area contributed by atoms with Gasteiger partial charge in [-0.05, 0) is 18.9 Å². The van der Waals surface area contributed by atoms with Crippen LogP contribution in [-0.2, 0) is 16.0 Å². The van der Waals surface area contributed by atoms with Crippen molar-refractivity contribution in [2.24, 2.45) is 0 Å². The van der Waals surface area contributed by atoms with Crippen molar-refractivity contribution >= 4 is 11.9 Å². The maximum atomic E-state index is 12.4. The van der Waals surface area contributed by atoms with Gasteiger partial charge in [-0.1, -0.05) is 43.7 Å². The number of aromatic nitrogens is 1. The number of benzene rings is 1. The molecule has 0 spiro atoms. The fourth-order valence-electron chi connectivity index (χ4n) is 2.88. The Morgan fingerprint density at radius 1 is 1.00 bits per heavy atom. The molecule has 1 heterocycles. The third-order valence-electron chi connectivity index (χ3n) is 4.08. The van der Waals surface area contributed by atoms with Gasteiger partial charge in [0, 0.05) is 12.2 Å². The molecule has 0 aliphatic heterocycles. The number of methoxy groups -OCH3 is 2. The fourth-order valence-corrected chi connectivity index (χ4v) is 2.88. The lowest BCUT2D eigenvalue weighted by Gasteiger charge is -2.12.